The maximum Gasteiger partial charge on any atom is 0.343 e. The normalized spacial score (nSPS) is 12.1. The molecule has 0 aliphatic heterocycles. The van der Waals surface area contributed by atoms with E-state index in [1.807, 2.05) is 42.5 Å². The van der Waals surface area contributed by atoms with Crippen molar-refractivity contribution in [1.29, 1.82) is 0 Å². The van der Waals surface area contributed by atoms with Crippen molar-refractivity contribution in [3.63, 3.8) is 0 Å². The average molecular weight is 594 g/mol. The standard InChI is InChI=1S/C35H35N3O6/c1-6-27(33(40)37-32-26(34(41)42-7-2)21-36-38(32)24-13-9-8-10-14-24)43-31-29(39)25-15-11-12-16-28(25)44-30(31)22-17-19-23(20-18-22)35(3,4)5/h8-21,27H,6-7H2,1-5H3,(H,37,40). The monoisotopic (exact) mass is 593 g/mol. The second-order valence-corrected chi connectivity index (χ2v) is 11.3. The average Bonchev–Trinajstić information content (AvgIpc) is 3.44. The number of amides is 1. The largest absolute Gasteiger partial charge is 0.473 e. The van der Waals surface area contributed by atoms with Crippen molar-refractivity contribution in [3.8, 4) is 22.8 Å². The maximum atomic E-state index is 13.8. The van der Waals surface area contributed by atoms with Crippen molar-refractivity contribution < 1.29 is 23.5 Å². The van der Waals surface area contributed by atoms with E-state index in [0.717, 1.165) is 5.56 Å². The lowest BCUT2D eigenvalue weighted by molar-refractivity contribution is -0.122. The van der Waals surface area contributed by atoms with Gasteiger partial charge < -0.3 is 19.2 Å². The van der Waals surface area contributed by atoms with Crippen molar-refractivity contribution >= 4 is 28.7 Å². The molecule has 5 aromatic rings. The number of anilines is 1. The van der Waals surface area contributed by atoms with Crippen LogP contribution in [0.4, 0.5) is 5.82 Å². The molecule has 0 aliphatic rings. The van der Waals surface area contributed by atoms with Crippen LogP contribution < -0.4 is 15.5 Å². The molecule has 0 saturated heterocycles. The molecule has 1 N–H and O–H groups in total. The van der Waals surface area contributed by atoms with Crippen molar-refractivity contribution in [2.75, 3.05) is 11.9 Å². The van der Waals surface area contributed by atoms with Crippen LogP contribution in [0.3, 0.4) is 0 Å². The first-order valence-electron chi connectivity index (χ1n) is 14.6. The van der Waals surface area contributed by atoms with E-state index in [1.54, 1.807) is 50.2 Å². The van der Waals surface area contributed by atoms with Crippen molar-refractivity contribution in [2.24, 2.45) is 0 Å². The molecule has 2 aromatic heterocycles. The van der Waals surface area contributed by atoms with Gasteiger partial charge in [0.2, 0.25) is 11.2 Å². The number of carbonyl (C=O) groups is 2. The minimum absolute atomic E-state index is 0.0673. The number of benzene rings is 3. The van der Waals surface area contributed by atoms with E-state index < -0.39 is 23.4 Å². The van der Waals surface area contributed by atoms with Crippen LogP contribution in [0.2, 0.25) is 0 Å². The molecule has 9 heteroatoms. The third kappa shape index (κ3) is 6.13. The number of para-hydroxylation sites is 2. The van der Waals surface area contributed by atoms with Gasteiger partial charge >= 0.3 is 5.97 Å². The van der Waals surface area contributed by atoms with E-state index in [1.165, 1.54) is 10.9 Å². The highest BCUT2D eigenvalue weighted by Gasteiger charge is 2.28. The predicted molar refractivity (Wildman–Crippen MR) is 169 cm³/mol. The highest BCUT2D eigenvalue weighted by atomic mass is 16.5. The molecular weight excluding hydrogens is 558 g/mol. The summed E-state index contributed by atoms with van der Waals surface area (Å²) in [6.45, 7) is 9.98. The van der Waals surface area contributed by atoms with Crippen LogP contribution in [0.5, 0.6) is 5.75 Å². The Bertz CT molecular complexity index is 1850. The fraction of sp³-hybridized carbons (Fsp3) is 0.257. The number of esters is 1. The molecule has 0 saturated carbocycles. The van der Waals surface area contributed by atoms with Gasteiger partial charge in [-0.15, -0.1) is 0 Å². The second kappa shape index (κ2) is 12.6. The summed E-state index contributed by atoms with van der Waals surface area (Å²) in [4.78, 5) is 40.3. The number of hydrogen-bond donors (Lipinski definition) is 1. The van der Waals surface area contributed by atoms with Gasteiger partial charge in [0, 0.05) is 5.56 Å². The summed E-state index contributed by atoms with van der Waals surface area (Å²) in [7, 11) is 0. The smallest absolute Gasteiger partial charge is 0.343 e. The van der Waals surface area contributed by atoms with Crippen LogP contribution in [-0.2, 0) is 14.9 Å². The molecule has 2 heterocycles. The molecule has 9 nitrogen and oxygen atoms in total. The van der Waals surface area contributed by atoms with E-state index in [0.29, 0.717) is 22.2 Å². The van der Waals surface area contributed by atoms with Crippen molar-refractivity contribution in [1.82, 2.24) is 9.78 Å². The molecule has 0 bridgehead atoms. The number of nitrogens with zero attached hydrogens (tertiary/aromatic N) is 2. The van der Waals surface area contributed by atoms with E-state index in [9.17, 15) is 14.4 Å². The second-order valence-electron chi connectivity index (χ2n) is 11.3. The zero-order valence-corrected chi connectivity index (χ0v) is 25.4. The van der Waals surface area contributed by atoms with Crippen LogP contribution >= 0.6 is 0 Å². The van der Waals surface area contributed by atoms with Gasteiger partial charge in [0.1, 0.15) is 11.1 Å². The van der Waals surface area contributed by atoms with Crippen LogP contribution in [0, 0.1) is 0 Å². The summed E-state index contributed by atoms with van der Waals surface area (Å²) >= 11 is 0. The van der Waals surface area contributed by atoms with Crippen LogP contribution in [-0.4, -0.2) is 34.4 Å². The van der Waals surface area contributed by atoms with Crippen molar-refractivity contribution in [3.05, 3.63) is 106 Å². The van der Waals surface area contributed by atoms with E-state index in [-0.39, 0.29) is 41.3 Å². The number of ether oxygens (including phenoxy) is 2. The third-order valence-corrected chi connectivity index (χ3v) is 7.20. The fourth-order valence-corrected chi connectivity index (χ4v) is 4.80. The number of hydrogen-bond acceptors (Lipinski definition) is 7. The Morgan fingerprint density at radius 3 is 2.30 bits per heavy atom. The molecule has 0 aliphatic carbocycles. The summed E-state index contributed by atoms with van der Waals surface area (Å²) in [5, 5.41) is 7.48. The van der Waals surface area contributed by atoms with Crippen molar-refractivity contribution in [2.45, 2.75) is 52.6 Å². The van der Waals surface area contributed by atoms with E-state index >= 15 is 0 Å². The molecule has 1 amide bonds. The minimum Gasteiger partial charge on any atom is -0.473 e. The number of fused-ring (bicyclic) bond motifs is 1. The molecule has 3 aromatic carbocycles. The summed E-state index contributed by atoms with van der Waals surface area (Å²) < 4.78 is 19.1. The molecule has 1 atom stereocenters. The van der Waals surface area contributed by atoms with Gasteiger partial charge in [0.05, 0.1) is 23.9 Å². The summed E-state index contributed by atoms with van der Waals surface area (Å²) in [6.07, 6.45) is 0.454. The van der Waals surface area contributed by atoms with E-state index in [2.05, 4.69) is 31.2 Å². The van der Waals surface area contributed by atoms with Crippen LogP contribution in [0.25, 0.3) is 28.0 Å². The Kier molecular flexibility index (Phi) is 8.66. The summed E-state index contributed by atoms with van der Waals surface area (Å²) in [5.41, 5.74) is 2.41. The first-order valence-corrected chi connectivity index (χ1v) is 14.6. The Hall–Kier alpha value is -5.18. The fourth-order valence-electron chi connectivity index (χ4n) is 4.80. The lowest BCUT2D eigenvalue weighted by Gasteiger charge is -2.21. The zero-order valence-electron chi connectivity index (χ0n) is 25.4. The van der Waals surface area contributed by atoms with Gasteiger partial charge in [-0.3, -0.25) is 9.59 Å². The van der Waals surface area contributed by atoms with Gasteiger partial charge in [-0.05, 0) is 48.6 Å². The lowest BCUT2D eigenvalue weighted by atomic mass is 9.86. The summed E-state index contributed by atoms with van der Waals surface area (Å²) in [6, 6.07) is 23.7. The van der Waals surface area contributed by atoms with Crippen LogP contribution in [0.1, 0.15) is 57.0 Å². The Balaban J connectivity index is 1.54. The lowest BCUT2D eigenvalue weighted by Crippen LogP contribution is -2.35. The third-order valence-electron chi connectivity index (χ3n) is 7.20. The first-order chi connectivity index (χ1) is 21.1. The number of nitrogens with one attached hydrogen (secondary N) is 1. The highest BCUT2D eigenvalue weighted by Crippen LogP contribution is 2.34. The predicted octanol–water partition coefficient (Wildman–Crippen LogP) is 6.92. The topological polar surface area (TPSA) is 113 Å². The van der Waals surface area contributed by atoms with Gasteiger partial charge in [0.25, 0.3) is 5.91 Å². The molecule has 226 valence electrons. The molecule has 44 heavy (non-hydrogen) atoms. The van der Waals surface area contributed by atoms with E-state index in [4.69, 9.17) is 13.9 Å². The molecule has 0 fully saturated rings. The van der Waals surface area contributed by atoms with Gasteiger partial charge in [-0.25, -0.2) is 9.48 Å². The molecule has 5 rings (SSSR count). The zero-order chi connectivity index (χ0) is 31.4. The number of carbonyl (C=O) groups excluding carboxylic acids is 2. The highest BCUT2D eigenvalue weighted by molar-refractivity contribution is 6.02. The van der Waals surface area contributed by atoms with Crippen LogP contribution in [0.15, 0.2) is 94.3 Å². The molecular formula is C35H35N3O6. The Morgan fingerprint density at radius 1 is 0.955 bits per heavy atom. The number of rotatable bonds is 9. The number of aromatic nitrogens is 2. The Morgan fingerprint density at radius 2 is 1.64 bits per heavy atom. The molecule has 1 unspecified atom stereocenters. The Labute approximate surface area is 255 Å². The quantitative estimate of drug-likeness (QED) is 0.185. The van der Waals surface area contributed by atoms with Gasteiger partial charge in [0.15, 0.2) is 17.7 Å². The summed E-state index contributed by atoms with van der Waals surface area (Å²) in [5.74, 6) is -0.920. The SMILES string of the molecule is CCOC(=O)c1cnn(-c2ccccc2)c1NC(=O)C(CC)Oc1c(-c2ccc(C(C)(C)C)cc2)oc2ccccc2c1=O. The van der Waals surface area contributed by atoms with Gasteiger partial charge in [-0.1, -0.05) is 82.3 Å². The maximum absolute atomic E-state index is 13.8. The minimum atomic E-state index is -1.11. The first kappa shape index (κ1) is 30.3. The van der Waals surface area contributed by atoms with Gasteiger partial charge in [-0.2, -0.15) is 5.10 Å². The molecule has 0 spiro atoms. The molecule has 0 radical (unpaired) electrons.